The minimum absolute atomic E-state index is 0.660. The summed E-state index contributed by atoms with van der Waals surface area (Å²) in [5.74, 6) is 0.795. The van der Waals surface area contributed by atoms with E-state index in [0.717, 1.165) is 31.0 Å². The van der Waals surface area contributed by atoms with E-state index in [0.29, 0.717) is 11.6 Å². The summed E-state index contributed by atoms with van der Waals surface area (Å²) in [4.78, 5) is 6.37. The highest BCUT2D eigenvalue weighted by Crippen LogP contribution is 2.22. The SMILES string of the molecule is CCNCc1cnc(N(C)CCOC)c(Cl)c1. The molecule has 0 unspecified atom stereocenters. The molecule has 0 bridgehead atoms. The maximum Gasteiger partial charge on any atom is 0.147 e. The first-order valence-corrected chi connectivity index (χ1v) is 6.12. The van der Waals surface area contributed by atoms with E-state index in [9.17, 15) is 0 Å². The Morgan fingerprint density at radius 3 is 2.88 bits per heavy atom. The van der Waals surface area contributed by atoms with Gasteiger partial charge in [-0.05, 0) is 18.2 Å². The lowest BCUT2D eigenvalue weighted by Gasteiger charge is -2.19. The fraction of sp³-hybridized carbons (Fsp3) is 0.583. The Bertz CT molecular complexity index is 347. The van der Waals surface area contributed by atoms with Crippen molar-refractivity contribution in [3.05, 3.63) is 22.8 Å². The van der Waals surface area contributed by atoms with Crippen molar-refractivity contribution < 1.29 is 4.74 Å². The summed E-state index contributed by atoms with van der Waals surface area (Å²) in [6.07, 6.45) is 1.85. The fourth-order valence-corrected chi connectivity index (χ4v) is 1.78. The van der Waals surface area contributed by atoms with Crippen LogP contribution in [0.15, 0.2) is 12.3 Å². The molecule has 1 heterocycles. The van der Waals surface area contributed by atoms with E-state index in [1.807, 2.05) is 24.2 Å². The summed E-state index contributed by atoms with van der Waals surface area (Å²) in [7, 11) is 3.64. The van der Waals surface area contributed by atoms with Gasteiger partial charge in [-0.1, -0.05) is 18.5 Å². The molecule has 17 heavy (non-hydrogen) atoms. The van der Waals surface area contributed by atoms with E-state index in [-0.39, 0.29) is 0 Å². The largest absolute Gasteiger partial charge is 0.383 e. The molecule has 96 valence electrons. The smallest absolute Gasteiger partial charge is 0.147 e. The van der Waals surface area contributed by atoms with E-state index < -0.39 is 0 Å². The van der Waals surface area contributed by atoms with Gasteiger partial charge < -0.3 is 15.0 Å². The predicted molar refractivity (Wildman–Crippen MR) is 71.8 cm³/mol. The summed E-state index contributed by atoms with van der Waals surface area (Å²) in [5.41, 5.74) is 1.10. The fourth-order valence-electron chi connectivity index (χ4n) is 1.45. The number of rotatable bonds is 7. The monoisotopic (exact) mass is 257 g/mol. The first-order chi connectivity index (χ1) is 8.19. The second-order valence-corrected chi connectivity index (χ2v) is 4.25. The zero-order valence-electron chi connectivity index (χ0n) is 10.7. The van der Waals surface area contributed by atoms with Gasteiger partial charge in [-0.15, -0.1) is 0 Å². The van der Waals surface area contributed by atoms with Gasteiger partial charge in [0.2, 0.25) is 0 Å². The van der Waals surface area contributed by atoms with Gasteiger partial charge >= 0.3 is 0 Å². The number of pyridine rings is 1. The summed E-state index contributed by atoms with van der Waals surface area (Å²) in [6, 6.07) is 1.95. The minimum atomic E-state index is 0.660. The maximum absolute atomic E-state index is 6.21. The second-order valence-electron chi connectivity index (χ2n) is 3.84. The highest BCUT2D eigenvalue weighted by Gasteiger charge is 2.08. The van der Waals surface area contributed by atoms with Gasteiger partial charge in [0, 0.05) is 33.4 Å². The number of nitrogens with one attached hydrogen (secondary N) is 1. The molecule has 0 saturated heterocycles. The van der Waals surface area contributed by atoms with Gasteiger partial charge in [0.05, 0.1) is 11.6 Å². The Kier molecular flexibility index (Phi) is 6.26. The van der Waals surface area contributed by atoms with Crippen molar-refractivity contribution in [3.8, 4) is 0 Å². The average molecular weight is 258 g/mol. The van der Waals surface area contributed by atoms with Crippen molar-refractivity contribution in [1.29, 1.82) is 0 Å². The second kappa shape index (κ2) is 7.48. The minimum Gasteiger partial charge on any atom is -0.383 e. The molecule has 1 aromatic heterocycles. The molecule has 1 rings (SSSR count). The zero-order chi connectivity index (χ0) is 12.7. The number of aromatic nitrogens is 1. The molecule has 0 aromatic carbocycles. The number of ether oxygens (including phenoxy) is 1. The standard InChI is InChI=1S/C12H20ClN3O/c1-4-14-8-10-7-11(13)12(15-9-10)16(2)5-6-17-3/h7,9,14H,4-6,8H2,1-3H3. The number of nitrogens with zero attached hydrogens (tertiary/aromatic N) is 2. The van der Waals surface area contributed by atoms with Gasteiger partial charge in [-0.2, -0.15) is 0 Å². The molecule has 0 aliphatic carbocycles. The van der Waals surface area contributed by atoms with Crippen LogP contribution in [0.3, 0.4) is 0 Å². The Labute approximate surface area is 108 Å². The van der Waals surface area contributed by atoms with Gasteiger partial charge in [-0.3, -0.25) is 0 Å². The predicted octanol–water partition coefficient (Wildman–Crippen LogP) is 1.93. The van der Waals surface area contributed by atoms with Gasteiger partial charge in [0.1, 0.15) is 5.82 Å². The molecule has 0 radical (unpaired) electrons. The Hall–Kier alpha value is -0.840. The lowest BCUT2D eigenvalue weighted by molar-refractivity contribution is 0.206. The molecular formula is C12H20ClN3O. The Morgan fingerprint density at radius 1 is 1.53 bits per heavy atom. The first kappa shape index (κ1) is 14.2. The molecule has 0 fully saturated rings. The van der Waals surface area contributed by atoms with Gasteiger partial charge in [-0.25, -0.2) is 4.98 Å². The number of anilines is 1. The molecule has 5 heteroatoms. The van der Waals surface area contributed by atoms with E-state index in [1.54, 1.807) is 7.11 Å². The summed E-state index contributed by atoms with van der Waals surface area (Å²) in [6.45, 7) is 5.24. The summed E-state index contributed by atoms with van der Waals surface area (Å²) in [5, 5.41) is 3.92. The quantitative estimate of drug-likeness (QED) is 0.810. The highest BCUT2D eigenvalue weighted by atomic mass is 35.5. The van der Waals surface area contributed by atoms with Crippen LogP contribution in [-0.2, 0) is 11.3 Å². The number of halogens is 1. The molecule has 0 aliphatic heterocycles. The molecule has 0 saturated carbocycles. The van der Waals surface area contributed by atoms with Crippen LogP contribution < -0.4 is 10.2 Å². The molecule has 1 aromatic rings. The van der Waals surface area contributed by atoms with E-state index in [4.69, 9.17) is 16.3 Å². The van der Waals surface area contributed by atoms with Crippen molar-refractivity contribution in [2.45, 2.75) is 13.5 Å². The normalized spacial score (nSPS) is 10.6. The Balaban J connectivity index is 2.68. The third-order valence-corrected chi connectivity index (χ3v) is 2.73. The molecule has 0 aliphatic rings. The lowest BCUT2D eigenvalue weighted by Crippen LogP contribution is -2.23. The average Bonchev–Trinajstić information content (AvgIpc) is 2.33. The number of hydrogen-bond donors (Lipinski definition) is 1. The number of methoxy groups -OCH3 is 1. The van der Waals surface area contributed by atoms with Crippen molar-refractivity contribution in [2.75, 3.05) is 38.8 Å². The number of likely N-dealkylation sites (N-methyl/N-ethyl adjacent to an activating group) is 1. The van der Waals surface area contributed by atoms with Crippen molar-refractivity contribution in [2.24, 2.45) is 0 Å². The highest BCUT2D eigenvalue weighted by molar-refractivity contribution is 6.33. The lowest BCUT2D eigenvalue weighted by atomic mass is 10.2. The third kappa shape index (κ3) is 4.50. The van der Waals surface area contributed by atoms with Crippen LogP contribution in [-0.4, -0.2) is 38.8 Å². The summed E-state index contributed by atoms with van der Waals surface area (Å²) >= 11 is 6.21. The van der Waals surface area contributed by atoms with Crippen LogP contribution in [0.25, 0.3) is 0 Å². The van der Waals surface area contributed by atoms with E-state index in [1.165, 1.54) is 0 Å². The van der Waals surface area contributed by atoms with E-state index >= 15 is 0 Å². The van der Waals surface area contributed by atoms with Crippen molar-refractivity contribution in [1.82, 2.24) is 10.3 Å². The molecule has 0 amide bonds. The maximum atomic E-state index is 6.21. The molecular weight excluding hydrogens is 238 g/mol. The number of hydrogen-bond acceptors (Lipinski definition) is 4. The molecule has 0 atom stereocenters. The van der Waals surface area contributed by atoms with Crippen molar-refractivity contribution in [3.63, 3.8) is 0 Å². The first-order valence-electron chi connectivity index (χ1n) is 5.74. The van der Waals surface area contributed by atoms with Gasteiger partial charge in [0.25, 0.3) is 0 Å². The molecule has 4 nitrogen and oxygen atoms in total. The topological polar surface area (TPSA) is 37.4 Å². The van der Waals surface area contributed by atoms with Crippen LogP contribution in [0, 0.1) is 0 Å². The zero-order valence-corrected chi connectivity index (χ0v) is 11.4. The Morgan fingerprint density at radius 2 is 2.29 bits per heavy atom. The van der Waals surface area contributed by atoms with Crippen LogP contribution in [0.2, 0.25) is 5.02 Å². The molecule has 1 N–H and O–H groups in total. The third-order valence-electron chi connectivity index (χ3n) is 2.45. The molecule has 0 spiro atoms. The van der Waals surface area contributed by atoms with Gasteiger partial charge in [0.15, 0.2) is 0 Å². The van der Waals surface area contributed by atoms with Crippen LogP contribution in [0.5, 0.6) is 0 Å². The van der Waals surface area contributed by atoms with Crippen LogP contribution in [0.1, 0.15) is 12.5 Å². The van der Waals surface area contributed by atoms with E-state index in [2.05, 4.69) is 17.2 Å². The van der Waals surface area contributed by atoms with Crippen molar-refractivity contribution >= 4 is 17.4 Å². The van der Waals surface area contributed by atoms with Crippen LogP contribution >= 0.6 is 11.6 Å². The summed E-state index contributed by atoms with van der Waals surface area (Å²) < 4.78 is 5.03. The van der Waals surface area contributed by atoms with Crippen LogP contribution in [0.4, 0.5) is 5.82 Å².